The van der Waals surface area contributed by atoms with E-state index in [4.69, 9.17) is 4.18 Å². The summed E-state index contributed by atoms with van der Waals surface area (Å²) in [5, 5.41) is 0. The Hall–Kier alpha value is -0.620. The van der Waals surface area contributed by atoms with Gasteiger partial charge in [0.25, 0.3) is 10.1 Å². The van der Waals surface area contributed by atoms with Gasteiger partial charge in [0.15, 0.2) is 0 Å². The third-order valence-corrected chi connectivity index (χ3v) is 4.39. The van der Waals surface area contributed by atoms with Crippen LogP contribution < -0.4 is 0 Å². The largest absolute Gasteiger partial charge is 0.342 e. The van der Waals surface area contributed by atoms with Crippen LogP contribution in [0.1, 0.15) is 38.5 Å². The monoisotopic (exact) mass is 275 g/mol. The molecule has 0 aromatic heterocycles. The van der Waals surface area contributed by atoms with Crippen molar-refractivity contribution < 1.29 is 17.4 Å². The number of amides is 1. The lowest BCUT2D eigenvalue weighted by molar-refractivity contribution is -0.137. The molecule has 6 heteroatoms. The van der Waals surface area contributed by atoms with Gasteiger partial charge in [-0.05, 0) is 25.7 Å². The van der Waals surface area contributed by atoms with Crippen LogP contribution in [0.2, 0.25) is 0 Å². The van der Waals surface area contributed by atoms with Crippen LogP contribution in [-0.4, -0.2) is 44.7 Å². The molecule has 0 spiro atoms. The highest BCUT2D eigenvalue weighted by molar-refractivity contribution is 7.86. The Labute approximate surface area is 109 Å². The average Bonchev–Trinajstić information content (AvgIpc) is 2.80. The molecule has 104 valence electrons. The molecule has 2 fully saturated rings. The molecule has 1 aliphatic carbocycles. The minimum atomic E-state index is -3.38. The van der Waals surface area contributed by atoms with Crippen LogP contribution in [-0.2, 0) is 19.1 Å². The summed E-state index contributed by atoms with van der Waals surface area (Å²) in [4.78, 5) is 14.0. The fraction of sp³-hybridized carbons (Fsp3) is 0.917. The van der Waals surface area contributed by atoms with E-state index in [1.165, 1.54) is 0 Å². The molecule has 2 rings (SSSR count). The van der Waals surface area contributed by atoms with E-state index in [-0.39, 0.29) is 17.9 Å². The number of carbonyl (C=O) groups is 1. The number of nitrogens with zero attached hydrogens (tertiary/aromatic N) is 1. The van der Waals surface area contributed by atoms with Crippen LogP contribution in [0.25, 0.3) is 0 Å². The van der Waals surface area contributed by atoms with Crippen molar-refractivity contribution in [1.82, 2.24) is 4.90 Å². The van der Waals surface area contributed by atoms with E-state index < -0.39 is 10.1 Å². The standard InChI is InChI=1S/C12H21NO4S/c1-18(15,16)17-11-6-8-13(9-7-11)12(14)10-4-2-3-5-10/h10-11H,2-9H2,1H3. The second-order valence-electron chi connectivity index (χ2n) is 5.31. The topological polar surface area (TPSA) is 63.7 Å². The van der Waals surface area contributed by atoms with Gasteiger partial charge in [0.2, 0.25) is 5.91 Å². The van der Waals surface area contributed by atoms with Crippen LogP contribution >= 0.6 is 0 Å². The van der Waals surface area contributed by atoms with Gasteiger partial charge in [-0.3, -0.25) is 8.98 Å². The predicted octanol–water partition coefficient (Wildman–Crippen LogP) is 1.14. The maximum Gasteiger partial charge on any atom is 0.264 e. The predicted molar refractivity (Wildman–Crippen MR) is 67.5 cm³/mol. The van der Waals surface area contributed by atoms with Crippen molar-refractivity contribution in [3.63, 3.8) is 0 Å². The highest BCUT2D eigenvalue weighted by atomic mass is 32.2. The molecule has 0 N–H and O–H groups in total. The lowest BCUT2D eigenvalue weighted by atomic mass is 10.0. The van der Waals surface area contributed by atoms with E-state index in [9.17, 15) is 13.2 Å². The molecule has 1 saturated carbocycles. The number of hydrogen-bond acceptors (Lipinski definition) is 4. The first-order chi connectivity index (χ1) is 8.46. The quantitative estimate of drug-likeness (QED) is 0.725. The van der Waals surface area contributed by atoms with E-state index >= 15 is 0 Å². The molecule has 0 aromatic rings. The van der Waals surface area contributed by atoms with Crippen LogP contribution in [0.15, 0.2) is 0 Å². The number of hydrogen-bond donors (Lipinski definition) is 0. The van der Waals surface area contributed by atoms with Gasteiger partial charge >= 0.3 is 0 Å². The Balaban J connectivity index is 1.81. The Morgan fingerprint density at radius 3 is 2.17 bits per heavy atom. The Morgan fingerprint density at radius 1 is 1.11 bits per heavy atom. The summed E-state index contributed by atoms with van der Waals surface area (Å²) in [6.07, 6.45) is 6.39. The first kappa shape index (κ1) is 13.8. The van der Waals surface area contributed by atoms with Crippen LogP contribution in [0.4, 0.5) is 0 Å². The van der Waals surface area contributed by atoms with Crippen molar-refractivity contribution >= 4 is 16.0 Å². The van der Waals surface area contributed by atoms with Crippen molar-refractivity contribution in [1.29, 1.82) is 0 Å². The van der Waals surface area contributed by atoms with E-state index in [0.29, 0.717) is 25.9 Å². The number of rotatable bonds is 3. The van der Waals surface area contributed by atoms with Crippen LogP contribution in [0.3, 0.4) is 0 Å². The molecule has 0 atom stereocenters. The Bertz CT molecular complexity index is 392. The van der Waals surface area contributed by atoms with Crippen LogP contribution in [0.5, 0.6) is 0 Å². The van der Waals surface area contributed by atoms with E-state index in [1.807, 2.05) is 4.90 Å². The first-order valence-corrected chi connectivity index (χ1v) is 8.44. The zero-order valence-electron chi connectivity index (χ0n) is 10.8. The number of likely N-dealkylation sites (tertiary alicyclic amines) is 1. The van der Waals surface area contributed by atoms with E-state index in [1.54, 1.807) is 0 Å². The van der Waals surface area contributed by atoms with Gasteiger partial charge in [-0.1, -0.05) is 12.8 Å². The minimum Gasteiger partial charge on any atom is -0.342 e. The number of piperidine rings is 1. The molecule has 0 bridgehead atoms. The third kappa shape index (κ3) is 3.68. The summed E-state index contributed by atoms with van der Waals surface area (Å²) in [5.41, 5.74) is 0. The molecule has 0 radical (unpaired) electrons. The first-order valence-electron chi connectivity index (χ1n) is 6.63. The SMILES string of the molecule is CS(=O)(=O)OC1CCN(C(=O)C2CCCC2)CC1. The summed E-state index contributed by atoms with van der Waals surface area (Å²) in [7, 11) is -3.38. The van der Waals surface area contributed by atoms with Crippen LogP contribution in [0, 0.1) is 5.92 Å². The van der Waals surface area contributed by atoms with Crippen molar-refractivity contribution in [2.24, 2.45) is 5.92 Å². The summed E-state index contributed by atoms with van der Waals surface area (Å²) >= 11 is 0. The molecule has 1 aliphatic heterocycles. The van der Waals surface area contributed by atoms with Gasteiger partial charge in [-0.15, -0.1) is 0 Å². The molecule has 2 aliphatic rings. The average molecular weight is 275 g/mol. The van der Waals surface area contributed by atoms with Gasteiger partial charge in [-0.2, -0.15) is 8.42 Å². The second-order valence-corrected chi connectivity index (χ2v) is 6.91. The molecule has 18 heavy (non-hydrogen) atoms. The molecule has 5 nitrogen and oxygen atoms in total. The fourth-order valence-electron chi connectivity index (χ4n) is 2.85. The summed E-state index contributed by atoms with van der Waals surface area (Å²) < 4.78 is 27.0. The zero-order chi connectivity index (χ0) is 13.2. The second kappa shape index (κ2) is 5.57. The number of carbonyl (C=O) groups excluding carboxylic acids is 1. The van der Waals surface area contributed by atoms with Gasteiger partial charge < -0.3 is 4.90 Å². The molecular weight excluding hydrogens is 254 g/mol. The fourth-order valence-corrected chi connectivity index (χ4v) is 3.54. The molecule has 1 amide bonds. The van der Waals surface area contributed by atoms with Gasteiger partial charge in [0.1, 0.15) is 0 Å². The van der Waals surface area contributed by atoms with Gasteiger partial charge in [-0.25, -0.2) is 0 Å². The Morgan fingerprint density at radius 2 is 1.67 bits per heavy atom. The smallest absolute Gasteiger partial charge is 0.264 e. The third-order valence-electron chi connectivity index (χ3n) is 3.77. The van der Waals surface area contributed by atoms with Crippen molar-refractivity contribution in [3.05, 3.63) is 0 Å². The van der Waals surface area contributed by atoms with Gasteiger partial charge in [0, 0.05) is 19.0 Å². The lowest BCUT2D eigenvalue weighted by Crippen LogP contribution is -2.43. The summed E-state index contributed by atoms with van der Waals surface area (Å²) in [5.74, 6) is 0.461. The molecule has 0 aromatic carbocycles. The molecule has 1 saturated heterocycles. The minimum absolute atomic E-state index is 0.206. The normalized spacial score (nSPS) is 23.5. The van der Waals surface area contributed by atoms with Gasteiger partial charge in [0.05, 0.1) is 12.4 Å². The summed E-state index contributed by atoms with van der Waals surface area (Å²) in [6.45, 7) is 1.24. The van der Waals surface area contributed by atoms with Crippen molar-refractivity contribution in [3.8, 4) is 0 Å². The lowest BCUT2D eigenvalue weighted by Gasteiger charge is -2.32. The van der Waals surface area contributed by atoms with E-state index in [0.717, 1.165) is 31.9 Å². The van der Waals surface area contributed by atoms with Crippen molar-refractivity contribution in [2.75, 3.05) is 19.3 Å². The maximum atomic E-state index is 12.2. The highest BCUT2D eigenvalue weighted by Crippen LogP contribution is 2.28. The summed E-state index contributed by atoms with van der Waals surface area (Å²) in [6, 6.07) is 0. The van der Waals surface area contributed by atoms with E-state index in [2.05, 4.69) is 0 Å². The molecule has 0 unspecified atom stereocenters. The zero-order valence-corrected chi connectivity index (χ0v) is 11.6. The maximum absolute atomic E-state index is 12.2. The highest BCUT2D eigenvalue weighted by Gasteiger charge is 2.31. The Kier molecular flexibility index (Phi) is 4.27. The molecular formula is C12H21NO4S. The van der Waals surface area contributed by atoms with Crippen molar-refractivity contribution in [2.45, 2.75) is 44.6 Å². The molecule has 1 heterocycles.